The minimum Gasteiger partial charge on any atom is -0.475 e. The maximum absolute atomic E-state index is 14.7. The van der Waals surface area contributed by atoms with Gasteiger partial charge in [-0.15, -0.1) is 0 Å². The fourth-order valence-corrected chi connectivity index (χ4v) is 5.00. The number of hydrogen-bond acceptors (Lipinski definition) is 5. The second-order valence-electron chi connectivity index (χ2n) is 9.47. The highest BCUT2D eigenvalue weighted by molar-refractivity contribution is 6.42. The number of H-pyrrole nitrogens is 1. The fraction of sp³-hybridized carbons (Fsp3) is 0.259. The zero-order chi connectivity index (χ0) is 30.8. The van der Waals surface area contributed by atoms with Crippen molar-refractivity contribution < 1.29 is 37.4 Å². The van der Waals surface area contributed by atoms with Gasteiger partial charge < -0.3 is 20.1 Å². The summed E-state index contributed by atoms with van der Waals surface area (Å²) in [5, 5.41) is 18.6. The van der Waals surface area contributed by atoms with Crippen LogP contribution in [0.5, 0.6) is 0 Å². The third kappa shape index (κ3) is 6.58. The highest BCUT2D eigenvalue weighted by atomic mass is 35.5. The standard InChI is InChI=1S/C25H21Cl2FN4O3.C2HF3O2/c26-19-12-21-23(33)30-14-17(32(21)22(19)27)10-15-3-4-20(28)18(11-15)24(34)31-8-5-25(35,6-9-31)16-2-1-7-29-13-16;3-2(4,5)1(6)7/h1-4,7,11-14,35H,5-6,8-10H2,(H,30,33);(H,6,7). The van der Waals surface area contributed by atoms with Crippen molar-refractivity contribution in [1.82, 2.24) is 19.3 Å². The number of carboxylic acid groups (broad SMARTS) is 1. The van der Waals surface area contributed by atoms with Crippen LogP contribution in [0.4, 0.5) is 17.6 Å². The van der Waals surface area contributed by atoms with E-state index in [-0.39, 0.29) is 40.8 Å². The lowest BCUT2D eigenvalue weighted by Gasteiger charge is -2.38. The van der Waals surface area contributed by atoms with E-state index in [0.29, 0.717) is 35.2 Å². The molecule has 0 bridgehead atoms. The minimum absolute atomic E-state index is 0.0494. The fourth-order valence-electron chi connectivity index (χ4n) is 4.55. The van der Waals surface area contributed by atoms with Gasteiger partial charge in [0.2, 0.25) is 0 Å². The number of nitrogens with zero attached hydrogens (tertiary/aromatic N) is 3. The summed E-state index contributed by atoms with van der Waals surface area (Å²) < 4.78 is 48.0. The van der Waals surface area contributed by atoms with Crippen LogP contribution in [0, 0.1) is 5.82 Å². The van der Waals surface area contributed by atoms with Crippen LogP contribution >= 0.6 is 23.2 Å². The number of likely N-dealkylation sites (tertiary alicyclic amines) is 1. The number of amides is 1. The summed E-state index contributed by atoms with van der Waals surface area (Å²) in [5.41, 5.74) is 0.828. The molecule has 1 aromatic carbocycles. The molecule has 0 spiro atoms. The number of carbonyl (C=O) groups excluding carboxylic acids is 1. The molecule has 5 rings (SSSR count). The van der Waals surface area contributed by atoms with E-state index in [1.54, 1.807) is 29.4 Å². The van der Waals surface area contributed by atoms with Crippen molar-refractivity contribution in [2.24, 2.45) is 0 Å². The molecule has 0 aliphatic carbocycles. The number of pyridine rings is 1. The number of fused-ring (bicyclic) bond motifs is 1. The highest BCUT2D eigenvalue weighted by Crippen LogP contribution is 2.33. The predicted molar refractivity (Wildman–Crippen MR) is 144 cm³/mol. The second kappa shape index (κ2) is 12.1. The number of aliphatic carboxylic acids is 1. The second-order valence-corrected chi connectivity index (χ2v) is 10.2. The van der Waals surface area contributed by atoms with Gasteiger partial charge in [-0.2, -0.15) is 13.2 Å². The van der Waals surface area contributed by atoms with E-state index in [9.17, 15) is 32.3 Å². The third-order valence-corrected chi connectivity index (χ3v) is 7.51. The van der Waals surface area contributed by atoms with E-state index in [1.165, 1.54) is 28.8 Å². The van der Waals surface area contributed by atoms with Crippen molar-refractivity contribution in [1.29, 1.82) is 0 Å². The number of carbonyl (C=O) groups is 2. The number of benzene rings is 1. The van der Waals surface area contributed by atoms with Crippen LogP contribution < -0.4 is 5.56 Å². The molecule has 1 fully saturated rings. The number of hydrogen-bond donors (Lipinski definition) is 3. The molecule has 1 aliphatic heterocycles. The Labute approximate surface area is 244 Å². The molecule has 1 saturated heterocycles. The van der Waals surface area contributed by atoms with Gasteiger partial charge in [0.25, 0.3) is 11.5 Å². The summed E-state index contributed by atoms with van der Waals surface area (Å²) in [7, 11) is 0. The number of piperidine rings is 1. The smallest absolute Gasteiger partial charge is 0.475 e. The van der Waals surface area contributed by atoms with Crippen LogP contribution in [0.15, 0.2) is 59.8 Å². The molecule has 4 aromatic rings. The van der Waals surface area contributed by atoms with Crippen molar-refractivity contribution in [3.05, 3.63) is 104 Å². The van der Waals surface area contributed by atoms with Crippen molar-refractivity contribution >= 4 is 40.6 Å². The molecule has 222 valence electrons. The first kappa shape index (κ1) is 31.0. The van der Waals surface area contributed by atoms with E-state index in [2.05, 4.69) is 9.97 Å². The molecular weight excluding hydrogens is 607 g/mol. The Kier molecular flexibility index (Phi) is 8.95. The van der Waals surface area contributed by atoms with Crippen LogP contribution in [-0.4, -0.2) is 60.6 Å². The molecule has 4 heterocycles. The van der Waals surface area contributed by atoms with Crippen molar-refractivity contribution in [2.45, 2.75) is 31.0 Å². The summed E-state index contributed by atoms with van der Waals surface area (Å²) in [6.07, 6.45) is 0.629. The molecule has 1 amide bonds. The normalized spacial score (nSPS) is 14.8. The van der Waals surface area contributed by atoms with E-state index in [1.807, 2.05) is 6.07 Å². The number of carboxylic acids is 1. The summed E-state index contributed by atoms with van der Waals surface area (Å²) >= 11 is 12.4. The number of nitrogens with one attached hydrogen (secondary N) is 1. The monoisotopic (exact) mass is 628 g/mol. The molecule has 0 radical (unpaired) electrons. The van der Waals surface area contributed by atoms with E-state index in [4.69, 9.17) is 33.1 Å². The molecule has 0 saturated carbocycles. The molecule has 3 N–H and O–H groups in total. The van der Waals surface area contributed by atoms with Gasteiger partial charge >= 0.3 is 12.1 Å². The zero-order valence-corrected chi connectivity index (χ0v) is 23.0. The van der Waals surface area contributed by atoms with Crippen molar-refractivity contribution in [3.8, 4) is 0 Å². The average Bonchev–Trinajstić information content (AvgIpc) is 3.26. The summed E-state index contributed by atoms with van der Waals surface area (Å²) in [4.78, 5) is 42.5. The Morgan fingerprint density at radius 1 is 1.12 bits per heavy atom. The van der Waals surface area contributed by atoms with E-state index >= 15 is 0 Å². The Morgan fingerprint density at radius 3 is 2.38 bits per heavy atom. The highest BCUT2D eigenvalue weighted by Gasteiger charge is 2.38. The van der Waals surface area contributed by atoms with Gasteiger partial charge in [0.05, 0.1) is 16.2 Å². The maximum atomic E-state index is 14.7. The quantitative estimate of drug-likeness (QED) is 0.278. The summed E-state index contributed by atoms with van der Waals surface area (Å²) in [6.45, 7) is 0.567. The van der Waals surface area contributed by atoms with Crippen LogP contribution in [0.3, 0.4) is 0 Å². The lowest BCUT2D eigenvalue weighted by atomic mass is 9.85. The molecule has 9 nitrogen and oxygen atoms in total. The number of rotatable bonds is 4. The Hall–Kier alpha value is -3.94. The van der Waals surface area contributed by atoms with Crippen LogP contribution in [0.1, 0.15) is 40.0 Å². The number of aromatic nitrogens is 3. The lowest BCUT2D eigenvalue weighted by molar-refractivity contribution is -0.192. The van der Waals surface area contributed by atoms with Gasteiger partial charge in [-0.25, -0.2) is 9.18 Å². The molecule has 0 atom stereocenters. The first-order valence-corrected chi connectivity index (χ1v) is 13.0. The number of alkyl halides is 3. The van der Waals surface area contributed by atoms with Crippen molar-refractivity contribution in [3.63, 3.8) is 0 Å². The third-order valence-electron chi connectivity index (χ3n) is 6.75. The van der Waals surface area contributed by atoms with E-state index in [0.717, 1.165) is 0 Å². The zero-order valence-electron chi connectivity index (χ0n) is 21.5. The van der Waals surface area contributed by atoms with Gasteiger partial charge in [-0.3, -0.25) is 19.0 Å². The van der Waals surface area contributed by atoms with Crippen LogP contribution in [0.25, 0.3) is 5.52 Å². The number of halogens is 6. The maximum Gasteiger partial charge on any atom is 0.490 e. The van der Waals surface area contributed by atoms with Gasteiger partial charge in [0.15, 0.2) is 0 Å². The van der Waals surface area contributed by atoms with Crippen molar-refractivity contribution in [2.75, 3.05) is 13.1 Å². The number of aromatic amines is 1. The van der Waals surface area contributed by atoms with Gasteiger partial charge in [0.1, 0.15) is 16.5 Å². The first-order valence-electron chi connectivity index (χ1n) is 12.3. The number of aliphatic hydroxyl groups is 1. The average molecular weight is 629 g/mol. The lowest BCUT2D eigenvalue weighted by Crippen LogP contribution is -2.45. The summed E-state index contributed by atoms with van der Waals surface area (Å²) in [5.74, 6) is -3.82. The molecule has 42 heavy (non-hydrogen) atoms. The Balaban J connectivity index is 0.000000517. The molecule has 0 unspecified atom stereocenters. The van der Waals surface area contributed by atoms with Gasteiger partial charge in [-0.05, 0) is 42.7 Å². The molecule has 15 heteroatoms. The van der Waals surface area contributed by atoms with Gasteiger partial charge in [0, 0.05) is 49.4 Å². The first-order chi connectivity index (χ1) is 19.7. The topological polar surface area (TPSA) is 128 Å². The van der Waals surface area contributed by atoms with E-state index < -0.39 is 29.5 Å². The SMILES string of the molecule is O=C(O)C(F)(F)F.O=C(c1cc(Cc2c[nH]c(=O)c3cc(Cl)c(Cl)n23)ccc1F)N1CCC(O)(c2cccnc2)CC1. The summed E-state index contributed by atoms with van der Waals surface area (Å²) in [6, 6.07) is 9.40. The Bertz CT molecular complexity index is 1680. The predicted octanol–water partition coefficient (Wildman–Crippen LogP) is 4.82. The minimum atomic E-state index is -5.08. The Morgan fingerprint density at radius 2 is 1.79 bits per heavy atom. The molecule has 3 aromatic heterocycles. The molecular formula is C27H22Cl2F4N4O5. The molecule has 1 aliphatic rings. The van der Waals surface area contributed by atoms with Crippen LogP contribution in [-0.2, 0) is 16.8 Å². The largest absolute Gasteiger partial charge is 0.490 e. The van der Waals surface area contributed by atoms with Crippen LogP contribution in [0.2, 0.25) is 10.2 Å². The van der Waals surface area contributed by atoms with Gasteiger partial charge in [-0.1, -0.05) is 35.3 Å².